The van der Waals surface area contributed by atoms with Crippen molar-refractivity contribution in [3.8, 4) is 5.69 Å². The van der Waals surface area contributed by atoms with Crippen molar-refractivity contribution in [1.82, 2.24) is 25.2 Å². The van der Waals surface area contributed by atoms with Crippen LogP contribution >= 0.6 is 43.6 Å². The standard InChI is InChI=1S/C12H7Br2N5S/c13-8-6-10(14)11(15-7-8)20-12-16-17-18-19(12)9-4-2-1-3-5-9/h1-7H. The number of nitrogens with zero attached hydrogens (tertiary/aromatic N) is 5. The number of para-hydroxylation sites is 1. The lowest BCUT2D eigenvalue weighted by atomic mass is 10.3. The van der Waals surface area contributed by atoms with E-state index in [2.05, 4.69) is 52.4 Å². The lowest BCUT2D eigenvalue weighted by molar-refractivity contribution is 0.756. The summed E-state index contributed by atoms with van der Waals surface area (Å²) in [4.78, 5) is 4.35. The van der Waals surface area contributed by atoms with Gasteiger partial charge in [-0.3, -0.25) is 0 Å². The van der Waals surface area contributed by atoms with E-state index in [4.69, 9.17) is 0 Å². The van der Waals surface area contributed by atoms with E-state index in [1.807, 2.05) is 36.4 Å². The van der Waals surface area contributed by atoms with Crippen LogP contribution in [-0.2, 0) is 0 Å². The Morgan fingerprint density at radius 3 is 2.65 bits per heavy atom. The molecule has 0 saturated carbocycles. The molecule has 8 heteroatoms. The first-order valence-corrected chi connectivity index (χ1v) is 7.97. The normalized spacial score (nSPS) is 10.7. The van der Waals surface area contributed by atoms with E-state index >= 15 is 0 Å². The zero-order valence-corrected chi connectivity index (χ0v) is 13.9. The summed E-state index contributed by atoms with van der Waals surface area (Å²) in [5.74, 6) is 0. The smallest absolute Gasteiger partial charge is 0.220 e. The van der Waals surface area contributed by atoms with E-state index in [0.717, 1.165) is 19.7 Å². The fourth-order valence-electron chi connectivity index (χ4n) is 1.54. The van der Waals surface area contributed by atoms with Gasteiger partial charge in [-0.1, -0.05) is 18.2 Å². The van der Waals surface area contributed by atoms with E-state index in [1.54, 1.807) is 10.9 Å². The van der Waals surface area contributed by atoms with Crippen LogP contribution < -0.4 is 0 Å². The zero-order valence-electron chi connectivity index (χ0n) is 9.94. The molecule has 0 unspecified atom stereocenters. The van der Waals surface area contributed by atoms with Gasteiger partial charge < -0.3 is 0 Å². The monoisotopic (exact) mass is 411 g/mol. The van der Waals surface area contributed by atoms with Crippen molar-refractivity contribution in [2.45, 2.75) is 10.2 Å². The number of aromatic nitrogens is 5. The second kappa shape index (κ2) is 6.02. The second-order valence-corrected chi connectivity index (χ2v) is 6.48. The second-order valence-electron chi connectivity index (χ2n) is 3.75. The molecule has 0 bridgehead atoms. The molecule has 0 aliphatic carbocycles. The summed E-state index contributed by atoms with van der Waals surface area (Å²) < 4.78 is 3.48. The van der Waals surface area contributed by atoms with Crippen molar-refractivity contribution in [3.63, 3.8) is 0 Å². The van der Waals surface area contributed by atoms with Crippen LogP contribution in [0.2, 0.25) is 0 Å². The van der Waals surface area contributed by atoms with E-state index in [-0.39, 0.29) is 0 Å². The SMILES string of the molecule is Brc1cnc(Sc2nnnn2-c2ccccc2)c(Br)c1. The molecule has 0 spiro atoms. The molecule has 1 aromatic carbocycles. The Kier molecular flexibility index (Phi) is 4.13. The van der Waals surface area contributed by atoms with Gasteiger partial charge in [0.1, 0.15) is 5.03 Å². The average molecular weight is 413 g/mol. The van der Waals surface area contributed by atoms with Crippen LogP contribution in [-0.4, -0.2) is 25.2 Å². The maximum Gasteiger partial charge on any atom is 0.220 e. The first-order valence-electron chi connectivity index (χ1n) is 5.57. The molecule has 0 saturated heterocycles. The third kappa shape index (κ3) is 2.92. The van der Waals surface area contributed by atoms with Crippen LogP contribution in [0.1, 0.15) is 0 Å². The van der Waals surface area contributed by atoms with E-state index in [9.17, 15) is 0 Å². The lowest BCUT2D eigenvalue weighted by Crippen LogP contribution is -1.98. The molecule has 2 heterocycles. The molecule has 100 valence electrons. The van der Waals surface area contributed by atoms with E-state index < -0.39 is 0 Å². The van der Waals surface area contributed by atoms with Gasteiger partial charge >= 0.3 is 0 Å². The first kappa shape index (κ1) is 13.7. The van der Waals surface area contributed by atoms with Crippen LogP contribution in [0.4, 0.5) is 0 Å². The van der Waals surface area contributed by atoms with Gasteiger partial charge in [0.15, 0.2) is 0 Å². The maximum absolute atomic E-state index is 4.35. The van der Waals surface area contributed by atoms with Gasteiger partial charge in [0, 0.05) is 10.7 Å². The summed E-state index contributed by atoms with van der Waals surface area (Å²) >= 11 is 8.26. The van der Waals surface area contributed by atoms with E-state index in [0.29, 0.717) is 5.16 Å². The number of rotatable bonds is 3. The average Bonchev–Trinajstić information content (AvgIpc) is 2.91. The Hall–Kier alpha value is -1.25. The van der Waals surface area contributed by atoms with Crippen LogP contribution in [0, 0.1) is 0 Å². The Labute approximate surface area is 136 Å². The zero-order chi connectivity index (χ0) is 13.9. The molecular weight excluding hydrogens is 406 g/mol. The Morgan fingerprint density at radius 1 is 1.10 bits per heavy atom. The van der Waals surface area contributed by atoms with Gasteiger partial charge in [-0.05, 0) is 72.2 Å². The summed E-state index contributed by atoms with van der Waals surface area (Å²) in [6.45, 7) is 0. The lowest BCUT2D eigenvalue weighted by Gasteiger charge is -2.05. The largest absolute Gasteiger partial charge is 0.247 e. The third-order valence-corrected chi connectivity index (χ3v) is 4.66. The van der Waals surface area contributed by atoms with Gasteiger partial charge in [0.05, 0.1) is 10.2 Å². The number of hydrogen-bond donors (Lipinski definition) is 0. The summed E-state index contributed by atoms with van der Waals surface area (Å²) in [5.41, 5.74) is 0.910. The summed E-state index contributed by atoms with van der Waals surface area (Å²) in [6, 6.07) is 11.7. The first-order chi connectivity index (χ1) is 9.74. The van der Waals surface area contributed by atoms with Gasteiger partial charge in [0.2, 0.25) is 5.16 Å². The van der Waals surface area contributed by atoms with Gasteiger partial charge in [-0.15, -0.1) is 5.10 Å². The molecule has 0 atom stereocenters. The molecule has 0 aliphatic heterocycles. The van der Waals surface area contributed by atoms with E-state index in [1.165, 1.54) is 11.8 Å². The van der Waals surface area contributed by atoms with Gasteiger partial charge in [0.25, 0.3) is 0 Å². The predicted octanol–water partition coefficient (Wildman–Crippen LogP) is 3.73. The van der Waals surface area contributed by atoms with Gasteiger partial charge in [-0.2, -0.15) is 4.68 Å². The maximum atomic E-state index is 4.35. The molecule has 3 rings (SSSR count). The van der Waals surface area contributed by atoms with Crippen molar-refractivity contribution in [2.75, 3.05) is 0 Å². The minimum atomic E-state index is 0.659. The van der Waals surface area contributed by atoms with Crippen molar-refractivity contribution in [2.24, 2.45) is 0 Å². The van der Waals surface area contributed by atoms with Crippen molar-refractivity contribution in [3.05, 3.63) is 51.5 Å². The Bertz CT molecular complexity index is 732. The predicted molar refractivity (Wildman–Crippen MR) is 82.9 cm³/mol. The van der Waals surface area contributed by atoms with Crippen molar-refractivity contribution >= 4 is 43.6 Å². The van der Waals surface area contributed by atoms with Crippen molar-refractivity contribution < 1.29 is 0 Å². The van der Waals surface area contributed by atoms with Crippen LogP contribution in [0.3, 0.4) is 0 Å². The molecule has 0 aliphatic rings. The minimum Gasteiger partial charge on any atom is -0.247 e. The highest BCUT2D eigenvalue weighted by Gasteiger charge is 2.13. The summed E-state index contributed by atoms with van der Waals surface area (Å²) in [6.07, 6.45) is 1.74. The third-order valence-electron chi connectivity index (χ3n) is 2.40. The topological polar surface area (TPSA) is 56.5 Å². The highest BCUT2D eigenvalue weighted by molar-refractivity contribution is 9.11. The Balaban J connectivity index is 1.95. The molecule has 3 aromatic rings. The highest BCUT2D eigenvalue weighted by atomic mass is 79.9. The molecular formula is C12H7Br2N5S. The molecule has 20 heavy (non-hydrogen) atoms. The molecule has 0 amide bonds. The Morgan fingerprint density at radius 2 is 1.90 bits per heavy atom. The highest BCUT2D eigenvalue weighted by Crippen LogP contribution is 2.32. The fraction of sp³-hybridized carbons (Fsp3) is 0. The number of benzene rings is 1. The molecule has 0 N–H and O–H groups in total. The quantitative estimate of drug-likeness (QED) is 0.655. The number of halogens is 2. The molecule has 2 aromatic heterocycles. The summed E-state index contributed by atoms with van der Waals surface area (Å²) in [5, 5.41) is 13.3. The van der Waals surface area contributed by atoms with Crippen LogP contribution in [0.25, 0.3) is 5.69 Å². The number of hydrogen-bond acceptors (Lipinski definition) is 5. The van der Waals surface area contributed by atoms with Crippen molar-refractivity contribution in [1.29, 1.82) is 0 Å². The molecule has 0 radical (unpaired) electrons. The minimum absolute atomic E-state index is 0.659. The molecule has 5 nitrogen and oxygen atoms in total. The van der Waals surface area contributed by atoms with Gasteiger partial charge in [-0.25, -0.2) is 4.98 Å². The summed E-state index contributed by atoms with van der Waals surface area (Å²) in [7, 11) is 0. The number of pyridine rings is 1. The van der Waals surface area contributed by atoms with Crippen LogP contribution in [0.5, 0.6) is 0 Å². The fourth-order valence-corrected chi connectivity index (χ4v) is 3.51. The molecule has 0 fully saturated rings. The van der Waals surface area contributed by atoms with Crippen LogP contribution in [0.15, 0.2) is 61.7 Å². The number of tetrazole rings is 1.